The highest BCUT2D eigenvalue weighted by atomic mass is 16.2. The van der Waals surface area contributed by atoms with Crippen LogP contribution in [0.4, 0.5) is 11.4 Å². The van der Waals surface area contributed by atoms with E-state index in [2.05, 4.69) is 12.2 Å². The van der Waals surface area contributed by atoms with E-state index < -0.39 is 0 Å². The highest BCUT2D eigenvalue weighted by Crippen LogP contribution is 2.29. The summed E-state index contributed by atoms with van der Waals surface area (Å²) in [6.07, 6.45) is 4.57. The molecule has 0 aromatic heterocycles. The molecule has 138 valence electrons. The number of hydrogen-bond acceptors (Lipinski definition) is 3. The van der Waals surface area contributed by atoms with Crippen LogP contribution in [0.15, 0.2) is 18.2 Å². The minimum atomic E-state index is 0.116. The predicted molar refractivity (Wildman–Crippen MR) is 103 cm³/mol. The van der Waals surface area contributed by atoms with Crippen LogP contribution in [-0.2, 0) is 16.1 Å². The van der Waals surface area contributed by atoms with Gasteiger partial charge in [0.2, 0.25) is 11.8 Å². The lowest BCUT2D eigenvalue weighted by molar-refractivity contribution is -0.131. The first kappa shape index (κ1) is 19.3. The Labute approximate surface area is 151 Å². The van der Waals surface area contributed by atoms with Crippen LogP contribution in [0.5, 0.6) is 0 Å². The zero-order chi connectivity index (χ0) is 18.4. The smallest absolute Gasteiger partial charge is 0.227 e. The Kier molecular flexibility index (Phi) is 6.85. The first-order valence-corrected chi connectivity index (χ1v) is 9.35. The maximum atomic E-state index is 12.2. The van der Waals surface area contributed by atoms with Crippen LogP contribution in [0, 0.1) is 5.92 Å². The molecule has 25 heavy (non-hydrogen) atoms. The van der Waals surface area contributed by atoms with Gasteiger partial charge in [-0.05, 0) is 43.0 Å². The molecule has 0 atom stereocenters. The molecular formula is C20H31N3O2. The van der Waals surface area contributed by atoms with Crippen LogP contribution < -0.4 is 10.2 Å². The number of carbonyl (C=O) groups excluding carboxylic acids is 2. The van der Waals surface area contributed by atoms with Crippen molar-refractivity contribution in [1.29, 1.82) is 0 Å². The average molecular weight is 345 g/mol. The Morgan fingerprint density at radius 3 is 2.44 bits per heavy atom. The Bertz CT molecular complexity index is 609. The van der Waals surface area contributed by atoms with Crippen LogP contribution in [-0.4, -0.2) is 37.4 Å². The van der Waals surface area contributed by atoms with E-state index in [0.717, 1.165) is 49.2 Å². The molecule has 1 fully saturated rings. The van der Waals surface area contributed by atoms with Crippen LogP contribution in [0.1, 0.15) is 51.5 Å². The highest BCUT2D eigenvalue weighted by molar-refractivity contribution is 5.93. The number of hydrogen-bond donors (Lipinski definition) is 1. The van der Waals surface area contributed by atoms with E-state index in [1.165, 1.54) is 0 Å². The lowest BCUT2D eigenvalue weighted by Crippen LogP contribution is -2.31. The second-order valence-electron chi connectivity index (χ2n) is 7.02. The molecule has 2 amide bonds. The van der Waals surface area contributed by atoms with E-state index in [1.807, 2.05) is 49.0 Å². The van der Waals surface area contributed by atoms with E-state index in [9.17, 15) is 9.59 Å². The summed E-state index contributed by atoms with van der Waals surface area (Å²) in [6.45, 7) is 5.30. The average Bonchev–Trinajstić information content (AvgIpc) is 2.51. The fourth-order valence-electron chi connectivity index (χ4n) is 3.13. The van der Waals surface area contributed by atoms with Crippen molar-refractivity contribution in [3.8, 4) is 0 Å². The first-order valence-electron chi connectivity index (χ1n) is 9.35. The predicted octanol–water partition coefficient (Wildman–Crippen LogP) is 3.64. The molecule has 0 bridgehead atoms. The second-order valence-corrected chi connectivity index (χ2v) is 7.02. The maximum Gasteiger partial charge on any atom is 0.227 e. The molecule has 1 aromatic carbocycles. The van der Waals surface area contributed by atoms with Gasteiger partial charge in [-0.25, -0.2) is 0 Å². The molecule has 0 radical (unpaired) electrons. The molecule has 1 aromatic rings. The lowest BCUT2D eigenvalue weighted by Gasteiger charge is -2.27. The van der Waals surface area contributed by atoms with Crippen molar-refractivity contribution in [2.75, 3.05) is 30.9 Å². The van der Waals surface area contributed by atoms with Crippen molar-refractivity contribution in [3.05, 3.63) is 23.8 Å². The standard InChI is InChI=1S/C20H31N3O2/c1-5-12-23(19(24)6-2)14-16-13-17(10-11-18(16)22(3)4)21-20(25)15-8-7-9-15/h10-11,13,15H,5-9,12,14H2,1-4H3,(H,21,25). The van der Waals surface area contributed by atoms with Gasteiger partial charge in [-0.3, -0.25) is 9.59 Å². The fraction of sp³-hybridized carbons (Fsp3) is 0.600. The molecule has 1 aliphatic carbocycles. The van der Waals surface area contributed by atoms with Crippen molar-refractivity contribution >= 4 is 23.2 Å². The number of anilines is 2. The van der Waals surface area contributed by atoms with Gasteiger partial charge in [0.25, 0.3) is 0 Å². The zero-order valence-electron chi connectivity index (χ0n) is 16.0. The van der Waals surface area contributed by atoms with Crippen LogP contribution in [0.25, 0.3) is 0 Å². The van der Waals surface area contributed by atoms with Crippen molar-refractivity contribution in [1.82, 2.24) is 4.90 Å². The Hall–Kier alpha value is -2.04. The molecule has 5 nitrogen and oxygen atoms in total. The van der Waals surface area contributed by atoms with Gasteiger partial charge < -0.3 is 15.1 Å². The first-order chi connectivity index (χ1) is 12.0. The van der Waals surface area contributed by atoms with E-state index in [0.29, 0.717) is 13.0 Å². The second kappa shape index (κ2) is 8.88. The normalized spacial score (nSPS) is 13.9. The van der Waals surface area contributed by atoms with E-state index in [4.69, 9.17) is 0 Å². The molecular weight excluding hydrogens is 314 g/mol. The quantitative estimate of drug-likeness (QED) is 0.782. The zero-order valence-corrected chi connectivity index (χ0v) is 16.0. The van der Waals surface area contributed by atoms with Gasteiger partial charge in [0.05, 0.1) is 0 Å². The molecule has 0 heterocycles. The monoisotopic (exact) mass is 345 g/mol. The maximum absolute atomic E-state index is 12.2. The molecule has 5 heteroatoms. The minimum Gasteiger partial charge on any atom is -0.377 e. The lowest BCUT2D eigenvalue weighted by atomic mass is 9.85. The third-order valence-electron chi connectivity index (χ3n) is 4.81. The summed E-state index contributed by atoms with van der Waals surface area (Å²) < 4.78 is 0. The highest BCUT2D eigenvalue weighted by Gasteiger charge is 2.25. The Morgan fingerprint density at radius 2 is 1.92 bits per heavy atom. The van der Waals surface area contributed by atoms with Gasteiger partial charge in [0.1, 0.15) is 0 Å². The summed E-state index contributed by atoms with van der Waals surface area (Å²) in [5.74, 6) is 0.440. The number of amides is 2. The number of benzene rings is 1. The Morgan fingerprint density at radius 1 is 1.20 bits per heavy atom. The summed E-state index contributed by atoms with van der Waals surface area (Å²) >= 11 is 0. The van der Waals surface area contributed by atoms with Gasteiger partial charge in [-0.15, -0.1) is 0 Å². The number of carbonyl (C=O) groups is 2. The largest absolute Gasteiger partial charge is 0.377 e. The third-order valence-corrected chi connectivity index (χ3v) is 4.81. The molecule has 0 unspecified atom stereocenters. The topological polar surface area (TPSA) is 52.7 Å². The van der Waals surface area contributed by atoms with Gasteiger partial charge >= 0.3 is 0 Å². The van der Waals surface area contributed by atoms with Gasteiger partial charge in [0, 0.05) is 50.9 Å². The van der Waals surface area contributed by atoms with Crippen molar-refractivity contribution < 1.29 is 9.59 Å². The number of nitrogens with one attached hydrogen (secondary N) is 1. The molecule has 0 saturated heterocycles. The fourth-order valence-corrected chi connectivity index (χ4v) is 3.13. The van der Waals surface area contributed by atoms with E-state index in [-0.39, 0.29) is 17.7 Å². The molecule has 0 spiro atoms. The van der Waals surface area contributed by atoms with Gasteiger partial charge in [-0.1, -0.05) is 20.3 Å². The van der Waals surface area contributed by atoms with Crippen molar-refractivity contribution in [2.24, 2.45) is 5.92 Å². The summed E-state index contributed by atoms with van der Waals surface area (Å²) in [5, 5.41) is 3.04. The summed E-state index contributed by atoms with van der Waals surface area (Å²) in [6, 6.07) is 5.98. The van der Waals surface area contributed by atoms with Crippen LogP contribution in [0.2, 0.25) is 0 Å². The van der Waals surface area contributed by atoms with Crippen molar-refractivity contribution in [2.45, 2.75) is 52.5 Å². The molecule has 1 saturated carbocycles. The minimum absolute atomic E-state index is 0.116. The number of nitrogens with zero attached hydrogens (tertiary/aromatic N) is 2. The third kappa shape index (κ3) is 4.97. The molecule has 1 aliphatic rings. The van der Waals surface area contributed by atoms with Crippen LogP contribution in [0.3, 0.4) is 0 Å². The SMILES string of the molecule is CCCN(Cc1cc(NC(=O)C2CCC2)ccc1N(C)C)C(=O)CC. The van der Waals surface area contributed by atoms with Crippen LogP contribution >= 0.6 is 0 Å². The molecule has 0 aliphatic heterocycles. The van der Waals surface area contributed by atoms with E-state index in [1.54, 1.807) is 0 Å². The summed E-state index contributed by atoms with van der Waals surface area (Å²) in [4.78, 5) is 28.4. The van der Waals surface area contributed by atoms with E-state index >= 15 is 0 Å². The molecule has 1 N–H and O–H groups in total. The molecule has 2 rings (SSSR count). The number of rotatable bonds is 8. The summed E-state index contributed by atoms with van der Waals surface area (Å²) in [7, 11) is 3.99. The van der Waals surface area contributed by atoms with Gasteiger partial charge in [0.15, 0.2) is 0 Å². The van der Waals surface area contributed by atoms with Gasteiger partial charge in [-0.2, -0.15) is 0 Å². The van der Waals surface area contributed by atoms with Crippen molar-refractivity contribution in [3.63, 3.8) is 0 Å². The Balaban J connectivity index is 2.21. The summed E-state index contributed by atoms with van der Waals surface area (Å²) in [5.41, 5.74) is 2.95.